The first-order valence-electron chi connectivity index (χ1n) is 9.42. The van der Waals surface area contributed by atoms with Gasteiger partial charge in [-0.2, -0.15) is 0 Å². The van der Waals surface area contributed by atoms with Crippen LogP contribution in [0.25, 0.3) is 11.4 Å². The van der Waals surface area contributed by atoms with Crippen LogP contribution in [-0.4, -0.2) is 27.0 Å². The fourth-order valence-corrected chi connectivity index (χ4v) is 4.33. The van der Waals surface area contributed by atoms with Gasteiger partial charge < -0.3 is 10.6 Å². The highest BCUT2D eigenvalue weighted by molar-refractivity contribution is 8.15. The van der Waals surface area contributed by atoms with Crippen molar-refractivity contribution in [2.75, 3.05) is 5.32 Å². The van der Waals surface area contributed by atoms with E-state index in [2.05, 4.69) is 25.9 Å². The maximum atomic E-state index is 14.3. The Morgan fingerprint density at radius 1 is 0.969 bits per heavy atom. The van der Waals surface area contributed by atoms with Crippen LogP contribution in [0.4, 0.5) is 25.1 Å². The van der Waals surface area contributed by atoms with Gasteiger partial charge >= 0.3 is 0 Å². The number of benzene rings is 2. The number of rotatable bonds is 4. The molecule has 1 atom stereocenters. The molecule has 11 heteroatoms. The summed E-state index contributed by atoms with van der Waals surface area (Å²) in [7, 11) is 0. The number of thioether (sulfide) groups is 1. The molecule has 0 spiro atoms. The zero-order chi connectivity index (χ0) is 22.4. The van der Waals surface area contributed by atoms with Crippen molar-refractivity contribution in [2.24, 2.45) is 0 Å². The molecule has 8 nitrogen and oxygen atoms in total. The summed E-state index contributed by atoms with van der Waals surface area (Å²) in [6, 6.07) is 10.1. The Hall–Kier alpha value is -3.86. The molecule has 1 aromatic heterocycles. The van der Waals surface area contributed by atoms with E-state index in [1.807, 2.05) is 0 Å². The predicted octanol–water partition coefficient (Wildman–Crippen LogP) is 3.43. The monoisotopic (exact) mass is 453 g/mol. The normalized spacial score (nSPS) is 17.2. The van der Waals surface area contributed by atoms with E-state index in [0.717, 1.165) is 23.9 Å². The average molecular weight is 453 g/mol. The Labute approximate surface area is 183 Å². The molecule has 1 unspecified atom stereocenters. The number of hydrogen-bond acceptors (Lipinski definition) is 7. The number of fused-ring (bicyclic) bond motifs is 1. The highest BCUT2D eigenvalue weighted by Gasteiger charge is 2.33. The van der Waals surface area contributed by atoms with E-state index in [0.29, 0.717) is 16.9 Å². The molecular formula is C21H13F2N5O3S. The summed E-state index contributed by atoms with van der Waals surface area (Å²) in [6.07, 6.45) is 0. The van der Waals surface area contributed by atoms with Crippen LogP contribution < -0.4 is 16.0 Å². The summed E-state index contributed by atoms with van der Waals surface area (Å²) in [5.74, 6) is -2.52. The third-order valence-corrected chi connectivity index (χ3v) is 6.02. The summed E-state index contributed by atoms with van der Waals surface area (Å²) < 4.78 is 28.6. The molecule has 2 aromatic carbocycles. The number of carbonyl (C=O) groups excluding carboxylic acids is 3. The average Bonchev–Trinajstić information content (AvgIpc) is 3.30. The van der Waals surface area contributed by atoms with Gasteiger partial charge in [-0.1, -0.05) is 18.2 Å². The van der Waals surface area contributed by atoms with Crippen molar-refractivity contribution in [3.05, 3.63) is 70.9 Å². The molecule has 2 aliphatic rings. The smallest absolute Gasteiger partial charge is 0.286 e. The molecule has 0 saturated carbocycles. The van der Waals surface area contributed by atoms with Crippen molar-refractivity contribution < 1.29 is 23.2 Å². The molecule has 1 saturated heterocycles. The van der Waals surface area contributed by atoms with Crippen LogP contribution in [0.5, 0.6) is 0 Å². The van der Waals surface area contributed by atoms with E-state index in [1.54, 1.807) is 24.3 Å². The molecule has 2 aliphatic heterocycles. The van der Waals surface area contributed by atoms with Gasteiger partial charge in [-0.15, -0.1) is 0 Å². The van der Waals surface area contributed by atoms with Crippen LogP contribution in [0.3, 0.4) is 0 Å². The van der Waals surface area contributed by atoms with Gasteiger partial charge in [0.25, 0.3) is 11.1 Å². The summed E-state index contributed by atoms with van der Waals surface area (Å²) in [6.45, 7) is 0.107. The van der Waals surface area contributed by atoms with Crippen molar-refractivity contribution in [2.45, 2.75) is 11.8 Å². The molecule has 1 fully saturated rings. The number of nitrogens with zero attached hydrogens (tertiary/aromatic N) is 2. The topological polar surface area (TPSA) is 113 Å². The van der Waals surface area contributed by atoms with Gasteiger partial charge in [-0.05, 0) is 41.6 Å². The van der Waals surface area contributed by atoms with Crippen molar-refractivity contribution in [1.82, 2.24) is 20.6 Å². The lowest BCUT2D eigenvalue weighted by Crippen LogP contribution is -2.20. The molecule has 3 heterocycles. The van der Waals surface area contributed by atoms with Crippen molar-refractivity contribution in [3.63, 3.8) is 0 Å². The van der Waals surface area contributed by atoms with E-state index in [1.165, 1.54) is 6.07 Å². The summed E-state index contributed by atoms with van der Waals surface area (Å²) >= 11 is 0.891. The molecule has 3 amide bonds. The molecule has 32 heavy (non-hydrogen) atoms. The Balaban J connectivity index is 1.51. The summed E-state index contributed by atoms with van der Waals surface area (Å²) in [4.78, 5) is 44.0. The van der Waals surface area contributed by atoms with Crippen molar-refractivity contribution in [3.8, 4) is 11.4 Å². The molecule has 3 N–H and O–H groups in total. The fraction of sp³-hybridized carbons (Fsp3) is 0.0952. The lowest BCUT2D eigenvalue weighted by molar-refractivity contribution is -0.119. The van der Waals surface area contributed by atoms with Gasteiger partial charge in [0, 0.05) is 5.69 Å². The second kappa shape index (κ2) is 7.68. The number of nitrogens with one attached hydrogen (secondary N) is 3. The third kappa shape index (κ3) is 3.46. The van der Waals surface area contributed by atoms with Crippen LogP contribution >= 0.6 is 11.8 Å². The van der Waals surface area contributed by atoms with Gasteiger partial charge in [0.15, 0.2) is 5.82 Å². The molecule has 0 aliphatic carbocycles. The van der Waals surface area contributed by atoms with Crippen LogP contribution in [0.15, 0.2) is 42.5 Å². The molecule has 5 rings (SSSR count). The minimum atomic E-state index is -0.820. The van der Waals surface area contributed by atoms with Crippen LogP contribution in [-0.2, 0) is 11.3 Å². The standard InChI is InChI=1S/C21H13F2N5O3S/c22-11-2-1-3-12(23)14(11)17-26-13-8-24-19(29)15(13)18(27-17)25-10-6-4-9(5-7-10)16-20(30)28-21(31)32-16/h1-7,16H,8H2,(H,24,29)(H,25,26,27)(H,28,30,31). The van der Waals surface area contributed by atoms with E-state index in [4.69, 9.17) is 0 Å². The van der Waals surface area contributed by atoms with E-state index in [-0.39, 0.29) is 35.2 Å². The van der Waals surface area contributed by atoms with Gasteiger partial charge in [0.2, 0.25) is 5.91 Å². The summed E-state index contributed by atoms with van der Waals surface area (Å²) in [5, 5.41) is 6.80. The second-order valence-corrected chi connectivity index (χ2v) is 8.10. The Morgan fingerprint density at radius 3 is 2.34 bits per heavy atom. The van der Waals surface area contributed by atoms with Crippen LogP contribution in [0, 0.1) is 11.6 Å². The Morgan fingerprint density at radius 2 is 1.69 bits per heavy atom. The Kier molecular flexibility index (Phi) is 4.82. The van der Waals surface area contributed by atoms with E-state index < -0.39 is 28.0 Å². The van der Waals surface area contributed by atoms with Gasteiger partial charge in [0.05, 0.1) is 17.8 Å². The number of imide groups is 1. The first-order chi connectivity index (χ1) is 15.4. The minimum Gasteiger partial charge on any atom is -0.346 e. The molecule has 160 valence electrons. The number of hydrogen-bond donors (Lipinski definition) is 3. The quantitative estimate of drug-likeness (QED) is 0.555. The van der Waals surface area contributed by atoms with Crippen molar-refractivity contribution in [1.29, 1.82) is 0 Å². The fourth-order valence-electron chi connectivity index (χ4n) is 3.49. The number of carbonyl (C=O) groups is 3. The van der Waals surface area contributed by atoms with Gasteiger partial charge in [-0.3, -0.25) is 19.7 Å². The lowest BCUT2D eigenvalue weighted by Gasteiger charge is -2.13. The number of aromatic nitrogens is 2. The summed E-state index contributed by atoms with van der Waals surface area (Å²) in [5.41, 5.74) is 1.26. The SMILES string of the molecule is O=C1NC(=O)C(c2ccc(Nc3nc(-c4c(F)cccc4F)nc4c3C(=O)NC4)cc2)S1. The number of amides is 3. The maximum absolute atomic E-state index is 14.3. The first-order valence-corrected chi connectivity index (χ1v) is 10.3. The van der Waals surface area contributed by atoms with Gasteiger partial charge in [0.1, 0.15) is 28.3 Å². The van der Waals surface area contributed by atoms with Crippen LogP contribution in [0.2, 0.25) is 0 Å². The zero-order valence-electron chi connectivity index (χ0n) is 16.1. The first kappa shape index (κ1) is 20.1. The number of halogens is 2. The van der Waals surface area contributed by atoms with Crippen LogP contribution in [0.1, 0.15) is 26.9 Å². The zero-order valence-corrected chi connectivity index (χ0v) is 16.9. The highest BCUT2D eigenvalue weighted by atomic mass is 32.2. The van der Waals surface area contributed by atoms with Crippen molar-refractivity contribution >= 4 is 40.3 Å². The largest absolute Gasteiger partial charge is 0.346 e. The Bertz CT molecular complexity index is 1280. The minimum absolute atomic E-state index is 0.0959. The van der Waals surface area contributed by atoms with E-state index >= 15 is 0 Å². The third-order valence-electron chi connectivity index (χ3n) is 4.98. The van der Waals surface area contributed by atoms with Gasteiger partial charge in [-0.25, -0.2) is 18.7 Å². The molecule has 0 radical (unpaired) electrons. The lowest BCUT2D eigenvalue weighted by atomic mass is 10.1. The molecular weight excluding hydrogens is 440 g/mol. The highest BCUT2D eigenvalue weighted by Crippen LogP contribution is 2.35. The second-order valence-electron chi connectivity index (χ2n) is 7.02. The molecule has 3 aromatic rings. The molecule has 0 bridgehead atoms. The van der Waals surface area contributed by atoms with E-state index in [9.17, 15) is 23.2 Å². The maximum Gasteiger partial charge on any atom is 0.286 e. The predicted molar refractivity (Wildman–Crippen MR) is 112 cm³/mol. The number of anilines is 2.